The molecule has 0 atom stereocenters. The van der Waals surface area contributed by atoms with Crippen molar-refractivity contribution in [3.8, 4) is 0 Å². The predicted molar refractivity (Wildman–Crippen MR) is 66.9 cm³/mol. The molecule has 0 heterocycles. The number of nitrogens with one attached hydrogen (secondary N) is 1. The fraction of sp³-hybridized carbons (Fsp3) is 0.125. The Hall–Kier alpha value is -0.430. The van der Waals surface area contributed by atoms with Crippen molar-refractivity contribution in [2.75, 3.05) is 5.32 Å². The molecule has 0 saturated heterocycles. The third-order valence-corrected chi connectivity index (χ3v) is 2.98. The fourth-order valence-electron chi connectivity index (χ4n) is 1.04. The van der Waals surface area contributed by atoms with Gasteiger partial charge < -0.3 is 11.1 Å². The molecular formula is C8H4Cl3F3N2S. The van der Waals surface area contributed by atoms with Gasteiger partial charge in [-0.3, -0.25) is 0 Å². The van der Waals surface area contributed by atoms with Gasteiger partial charge in [0.15, 0.2) is 5.11 Å². The topological polar surface area (TPSA) is 38.0 Å². The Bertz CT molecular complexity index is 476. The van der Waals surface area contributed by atoms with Crippen molar-refractivity contribution in [2.45, 2.75) is 6.18 Å². The van der Waals surface area contributed by atoms with Gasteiger partial charge in [0, 0.05) is 0 Å². The monoisotopic (exact) mass is 322 g/mol. The zero-order chi connectivity index (χ0) is 13.4. The van der Waals surface area contributed by atoms with Crippen LogP contribution < -0.4 is 11.1 Å². The number of hydrogen-bond donors (Lipinski definition) is 2. The Morgan fingerprint density at radius 2 is 1.76 bits per heavy atom. The quantitative estimate of drug-likeness (QED) is 0.597. The second-order valence-electron chi connectivity index (χ2n) is 2.90. The highest BCUT2D eigenvalue weighted by Crippen LogP contribution is 2.44. The van der Waals surface area contributed by atoms with Crippen molar-refractivity contribution in [2.24, 2.45) is 5.73 Å². The van der Waals surface area contributed by atoms with Crippen LogP contribution in [0.25, 0.3) is 0 Å². The average molecular weight is 324 g/mol. The third-order valence-electron chi connectivity index (χ3n) is 1.71. The highest BCUT2D eigenvalue weighted by Gasteiger charge is 2.35. The van der Waals surface area contributed by atoms with Crippen LogP contribution in [0.5, 0.6) is 0 Å². The van der Waals surface area contributed by atoms with E-state index in [0.717, 1.165) is 0 Å². The van der Waals surface area contributed by atoms with E-state index >= 15 is 0 Å². The fourth-order valence-corrected chi connectivity index (χ4v) is 1.95. The van der Waals surface area contributed by atoms with Gasteiger partial charge in [-0.15, -0.1) is 0 Å². The lowest BCUT2D eigenvalue weighted by Crippen LogP contribution is -2.20. The van der Waals surface area contributed by atoms with Gasteiger partial charge in [0.25, 0.3) is 0 Å². The summed E-state index contributed by atoms with van der Waals surface area (Å²) in [5.41, 5.74) is 3.99. The van der Waals surface area contributed by atoms with Crippen LogP contribution >= 0.6 is 47.0 Å². The molecule has 0 aromatic heterocycles. The van der Waals surface area contributed by atoms with Crippen molar-refractivity contribution in [1.82, 2.24) is 0 Å². The minimum absolute atomic E-state index is 0.0566. The Kier molecular flexibility index (Phi) is 4.35. The van der Waals surface area contributed by atoms with E-state index in [0.29, 0.717) is 6.07 Å². The van der Waals surface area contributed by atoms with Gasteiger partial charge in [-0.05, 0) is 18.3 Å². The zero-order valence-electron chi connectivity index (χ0n) is 7.83. The molecule has 0 fully saturated rings. The van der Waals surface area contributed by atoms with E-state index < -0.39 is 16.8 Å². The van der Waals surface area contributed by atoms with E-state index in [1.807, 2.05) is 0 Å². The smallest absolute Gasteiger partial charge is 0.376 e. The largest absolute Gasteiger partial charge is 0.417 e. The first-order chi connectivity index (χ1) is 7.64. The lowest BCUT2D eigenvalue weighted by atomic mass is 10.2. The van der Waals surface area contributed by atoms with Gasteiger partial charge in [-0.25, -0.2) is 0 Å². The molecule has 1 aromatic carbocycles. The summed E-state index contributed by atoms with van der Waals surface area (Å²) in [6.45, 7) is 0. The number of hydrogen-bond acceptors (Lipinski definition) is 1. The van der Waals surface area contributed by atoms with Crippen LogP contribution in [-0.2, 0) is 6.18 Å². The Morgan fingerprint density at radius 3 is 2.18 bits per heavy atom. The van der Waals surface area contributed by atoms with E-state index in [-0.39, 0.29) is 20.8 Å². The Labute approximate surface area is 115 Å². The summed E-state index contributed by atoms with van der Waals surface area (Å²) in [7, 11) is 0. The van der Waals surface area contributed by atoms with E-state index in [2.05, 4.69) is 17.5 Å². The van der Waals surface area contributed by atoms with E-state index in [9.17, 15) is 13.2 Å². The number of rotatable bonds is 1. The van der Waals surface area contributed by atoms with Crippen LogP contribution in [0, 0.1) is 0 Å². The molecule has 0 unspecified atom stereocenters. The summed E-state index contributed by atoms with van der Waals surface area (Å²) in [5, 5.41) is 0.832. The number of anilines is 1. The average Bonchev–Trinajstić information content (AvgIpc) is 2.16. The van der Waals surface area contributed by atoms with Gasteiger partial charge in [0.05, 0.1) is 26.3 Å². The molecule has 17 heavy (non-hydrogen) atoms. The molecule has 0 amide bonds. The summed E-state index contributed by atoms with van der Waals surface area (Å²) in [6.07, 6.45) is -4.65. The van der Waals surface area contributed by atoms with Crippen LogP contribution in [0.3, 0.4) is 0 Å². The molecular weight excluding hydrogens is 320 g/mol. The maximum atomic E-state index is 12.5. The van der Waals surface area contributed by atoms with Crippen molar-refractivity contribution < 1.29 is 13.2 Å². The molecule has 1 aromatic rings. The maximum absolute atomic E-state index is 12.5. The first-order valence-corrected chi connectivity index (χ1v) is 5.50. The van der Waals surface area contributed by atoms with Crippen molar-refractivity contribution in [1.29, 1.82) is 0 Å². The van der Waals surface area contributed by atoms with Crippen LogP contribution in [-0.4, -0.2) is 5.11 Å². The summed E-state index contributed by atoms with van der Waals surface area (Å²) in [5.74, 6) is 0. The zero-order valence-corrected chi connectivity index (χ0v) is 10.9. The molecule has 9 heteroatoms. The second kappa shape index (κ2) is 5.06. The number of thiocarbonyl (C=S) groups is 1. The number of nitrogens with two attached hydrogens (primary N) is 1. The van der Waals surface area contributed by atoms with Crippen molar-refractivity contribution >= 4 is 57.8 Å². The summed E-state index contributed by atoms with van der Waals surface area (Å²) < 4.78 is 37.6. The lowest BCUT2D eigenvalue weighted by Gasteiger charge is -2.15. The van der Waals surface area contributed by atoms with Gasteiger partial charge in [0.1, 0.15) is 0 Å². The highest BCUT2D eigenvalue weighted by atomic mass is 35.5. The number of benzene rings is 1. The van der Waals surface area contributed by atoms with Crippen molar-refractivity contribution in [3.63, 3.8) is 0 Å². The van der Waals surface area contributed by atoms with Crippen LogP contribution in [0.15, 0.2) is 6.07 Å². The summed E-state index contributed by atoms with van der Waals surface area (Å²) in [6, 6.07) is 0.649. The Morgan fingerprint density at radius 1 is 1.24 bits per heavy atom. The Balaban J connectivity index is 3.42. The second-order valence-corrected chi connectivity index (χ2v) is 4.50. The minimum atomic E-state index is -4.65. The van der Waals surface area contributed by atoms with Gasteiger partial charge >= 0.3 is 6.18 Å². The molecule has 94 valence electrons. The molecule has 2 nitrogen and oxygen atoms in total. The molecule has 0 radical (unpaired) electrons. The standard InChI is InChI=1S/C8H4Cl3F3N2S/c9-3-1-2(8(12,13)14)4(10)5(11)6(3)16-7(15)17/h1H,(H3,15,16,17). The number of halogens is 6. The van der Waals surface area contributed by atoms with Crippen LogP contribution in [0.4, 0.5) is 18.9 Å². The molecule has 3 N–H and O–H groups in total. The summed E-state index contributed by atoms with van der Waals surface area (Å²) in [4.78, 5) is 0. The maximum Gasteiger partial charge on any atom is 0.417 e. The molecule has 0 spiro atoms. The summed E-state index contributed by atoms with van der Waals surface area (Å²) >= 11 is 21.3. The minimum Gasteiger partial charge on any atom is -0.376 e. The number of alkyl halides is 3. The van der Waals surface area contributed by atoms with Crippen LogP contribution in [0.2, 0.25) is 15.1 Å². The molecule has 0 saturated carbocycles. The molecule has 0 aliphatic heterocycles. The van der Waals surface area contributed by atoms with Gasteiger partial charge in [0.2, 0.25) is 0 Å². The van der Waals surface area contributed by atoms with Crippen molar-refractivity contribution in [3.05, 3.63) is 26.7 Å². The molecule has 1 rings (SSSR count). The normalized spacial score (nSPS) is 11.4. The van der Waals surface area contributed by atoms with E-state index in [1.165, 1.54) is 0 Å². The highest BCUT2D eigenvalue weighted by molar-refractivity contribution is 7.80. The third kappa shape index (κ3) is 3.28. The molecule has 0 aliphatic carbocycles. The lowest BCUT2D eigenvalue weighted by molar-refractivity contribution is -0.137. The van der Waals surface area contributed by atoms with Gasteiger partial charge in [-0.1, -0.05) is 34.8 Å². The molecule has 0 aliphatic rings. The van der Waals surface area contributed by atoms with E-state index in [4.69, 9.17) is 40.5 Å². The molecule has 0 bridgehead atoms. The van der Waals surface area contributed by atoms with Crippen LogP contribution in [0.1, 0.15) is 5.56 Å². The predicted octanol–water partition coefficient (Wildman–Crippen LogP) is 4.32. The van der Waals surface area contributed by atoms with E-state index in [1.54, 1.807) is 0 Å². The first-order valence-electron chi connectivity index (χ1n) is 3.95. The van der Waals surface area contributed by atoms with Gasteiger partial charge in [-0.2, -0.15) is 13.2 Å². The first kappa shape index (κ1) is 14.6. The SMILES string of the molecule is NC(=S)Nc1c(Cl)cc(C(F)(F)F)c(Cl)c1Cl.